The lowest BCUT2D eigenvalue weighted by Gasteiger charge is -2.50. The van der Waals surface area contributed by atoms with Gasteiger partial charge < -0.3 is 129 Å². The summed E-state index contributed by atoms with van der Waals surface area (Å²) in [5, 5.41) is 154. The number of aliphatic hydroxyl groups excluding tert-OH is 14. The zero-order valence-corrected chi connectivity index (χ0v) is 34.1. The first kappa shape index (κ1) is 52.0. The number of methoxy groups -OCH3 is 1. The van der Waals surface area contributed by atoms with Crippen LogP contribution in [-0.2, 0) is 57.0 Å². The molecule has 0 aliphatic carbocycles. The molecule has 5 rings (SSSR count). The highest BCUT2D eigenvalue weighted by Crippen LogP contribution is 2.35. The molecule has 5 fully saturated rings. The summed E-state index contributed by atoms with van der Waals surface area (Å²) in [5.74, 6) is -1.47. The van der Waals surface area contributed by atoms with Gasteiger partial charge in [-0.1, -0.05) is 0 Å². The van der Waals surface area contributed by atoms with Gasteiger partial charge in [-0.25, -0.2) is 0 Å². The van der Waals surface area contributed by atoms with Crippen molar-refractivity contribution >= 4 is 11.8 Å². The topological polar surface area (TPSA) is 434 Å². The van der Waals surface area contributed by atoms with Crippen LogP contribution in [0, 0.1) is 0 Å². The molecular weight excluding hydrogens is 864 g/mol. The van der Waals surface area contributed by atoms with Gasteiger partial charge in [-0.05, 0) is 0 Å². The molecule has 16 N–H and O–H groups in total. The van der Waals surface area contributed by atoms with Crippen LogP contribution in [0.5, 0.6) is 0 Å². The van der Waals surface area contributed by atoms with Crippen molar-refractivity contribution in [2.45, 2.75) is 167 Å². The van der Waals surface area contributed by atoms with Crippen molar-refractivity contribution in [3.63, 3.8) is 0 Å². The lowest BCUT2D eigenvalue weighted by atomic mass is 9.94. The lowest BCUT2D eigenvalue weighted by molar-refractivity contribution is -0.384. The number of hydrogen-bond donors (Lipinski definition) is 16. The molecule has 5 heterocycles. The molecule has 0 aromatic carbocycles. The van der Waals surface area contributed by atoms with E-state index in [4.69, 9.17) is 47.4 Å². The molecule has 0 aromatic rings. The second-order valence-corrected chi connectivity index (χ2v) is 15.7. The van der Waals surface area contributed by atoms with Crippen LogP contribution >= 0.6 is 0 Å². The Hall–Kier alpha value is -2.02. The summed E-state index contributed by atoms with van der Waals surface area (Å²) < 4.78 is 56.5. The van der Waals surface area contributed by atoms with E-state index in [1.165, 1.54) is 0 Å². The summed E-state index contributed by atoms with van der Waals surface area (Å²) in [5.41, 5.74) is 0. The number of carbonyl (C=O) groups is 2. The smallest absolute Gasteiger partial charge is 0.217 e. The molecule has 366 valence electrons. The molecule has 25 atom stereocenters. The molecular formula is C35H60N2O26. The van der Waals surface area contributed by atoms with Crippen molar-refractivity contribution in [2.24, 2.45) is 0 Å². The van der Waals surface area contributed by atoms with Gasteiger partial charge in [-0.3, -0.25) is 9.59 Å². The molecule has 0 aromatic heterocycles. The summed E-state index contributed by atoms with van der Waals surface area (Å²) in [6.45, 7) is -2.15. The minimum atomic E-state index is -2.14. The van der Waals surface area contributed by atoms with E-state index in [1.54, 1.807) is 0 Å². The van der Waals surface area contributed by atoms with Gasteiger partial charge in [0.05, 0.1) is 33.0 Å². The molecule has 5 aliphatic rings. The number of nitrogens with one attached hydrogen (secondary N) is 2. The average molecular weight is 925 g/mol. The van der Waals surface area contributed by atoms with Gasteiger partial charge >= 0.3 is 0 Å². The van der Waals surface area contributed by atoms with Crippen LogP contribution in [-0.4, -0.2) is 277 Å². The van der Waals surface area contributed by atoms with Crippen LogP contribution in [0.2, 0.25) is 0 Å². The van der Waals surface area contributed by atoms with Crippen molar-refractivity contribution in [3.8, 4) is 0 Å². The number of ether oxygens (including phenoxy) is 10. The van der Waals surface area contributed by atoms with E-state index in [0.29, 0.717) is 0 Å². The Morgan fingerprint density at radius 3 is 1.43 bits per heavy atom. The first-order valence-corrected chi connectivity index (χ1v) is 20.0. The van der Waals surface area contributed by atoms with Gasteiger partial charge in [-0.15, -0.1) is 0 Å². The average Bonchev–Trinajstić information content (AvgIpc) is 3.24. The maximum Gasteiger partial charge on any atom is 0.217 e. The van der Waals surface area contributed by atoms with E-state index in [1.807, 2.05) is 0 Å². The molecule has 0 bridgehead atoms. The lowest BCUT2D eigenvalue weighted by Crippen LogP contribution is -2.70. The van der Waals surface area contributed by atoms with Crippen molar-refractivity contribution < 1.29 is 128 Å². The monoisotopic (exact) mass is 924 g/mol. The summed E-state index contributed by atoms with van der Waals surface area (Å²) >= 11 is 0. The highest BCUT2D eigenvalue weighted by atomic mass is 16.8. The Morgan fingerprint density at radius 1 is 0.444 bits per heavy atom. The zero-order chi connectivity index (χ0) is 46.6. The van der Waals surface area contributed by atoms with Gasteiger partial charge in [0, 0.05) is 21.0 Å². The number of aliphatic hydroxyl groups is 14. The van der Waals surface area contributed by atoms with Crippen LogP contribution in [0.4, 0.5) is 0 Å². The fourth-order valence-electron chi connectivity index (χ4n) is 8.00. The minimum Gasteiger partial charge on any atom is -0.394 e. The molecule has 5 aliphatic heterocycles. The van der Waals surface area contributed by atoms with Crippen LogP contribution in [0.1, 0.15) is 13.8 Å². The van der Waals surface area contributed by atoms with Gasteiger partial charge in [0.1, 0.15) is 122 Å². The van der Waals surface area contributed by atoms with Crippen LogP contribution in [0.15, 0.2) is 0 Å². The normalized spacial score (nSPS) is 48.4. The second kappa shape index (κ2) is 22.6. The van der Waals surface area contributed by atoms with Crippen molar-refractivity contribution in [1.82, 2.24) is 10.6 Å². The SMILES string of the molecule is CO[C@@H]1[C@H](O)[C@@H](O[C@@H]2[C@H](O)[C@H](O[C@H]3[C@H](O)[C@@H](NC(C)=O)[C@H](O[C@H]4[C@H](O)[C@@H](NC(C)=O)C(O)O[C@@H]4CO)O[C@@H]3CO)O[C@H](CO[C@H]3O[C@H](CO)[C@@H](O)[C@H](O)[C@@H]3O)[C@H]2O)O[C@H](CO)[C@H]1O. The van der Waals surface area contributed by atoms with E-state index < -0.39 is 198 Å². The maximum atomic E-state index is 12.5. The van der Waals surface area contributed by atoms with Crippen molar-refractivity contribution in [1.29, 1.82) is 0 Å². The zero-order valence-electron chi connectivity index (χ0n) is 34.1. The third kappa shape index (κ3) is 11.4. The number of hydrogen-bond acceptors (Lipinski definition) is 26. The Morgan fingerprint density at radius 2 is 0.873 bits per heavy atom. The molecule has 63 heavy (non-hydrogen) atoms. The number of carbonyl (C=O) groups excluding carboxylic acids is 2. The first-order valence-electron chi connectivity index (χ1n) is 20.0. The van der Waals surface area contributed by atoms with E-state index in [2.05, 4.69) is 10.6 Å². The fourth-order valence-corrected chi connectivity index (χ4v) is 8.00. The molecule has 28 nitrogen and oxygen atoms in total. The Labute approximate surface area is 358 Å². The van der Waals surface area contributed by atoms with Crippen LogP contribution in [0.25, 0.3) is 0 Å². The largest absolute Gasteiger partial charge is 0.394 e. The summed E-state index contributed by atoms with van der Waals surface area (Å²) in [6.07, 6.45) is -40.6. The minimum absolute atomic E-state index is 0.687. The van der Waals surface area contributed by atoms with Gasteiger partial charge in [0.2, 0.25) is 11.8 Å². The Balaban J connectivity index is 1.42. The molecule has 0 radical (unpaired) electrons. The Bertz CT molecular complexity index is 1460. The molecule has 1 unspecified atom stereocenters. The second-order valence-electron chi connectivity index (χ2n) is 15.7. The molecule has 28 heteroatoms. The predicted octanol–water partition coefficient (Wildman–Crippen LogP) is -11.0. The standard InChI is InChI=1S/C35H60N2O26/c1-9(42)36-16-21(47)27(13(6-40)56-31(16)53)61-32-17(37-10(2)43)22(48)28(14(7-41)59-32)62-35-26(52)30(63-34-25(51)29(54-3)19(45)12(5-39)58-34)20(46)15(60-35)8-55-33-24(50)23(49)18(44)11(4-38)57-33/h11-35,38-41,44-53H,4-8H2,1-3H3,(H,36,42)(H,37,43)/t11-,12-,13-,14-,15-,16-,17-,18-,19-,20-,21-,22-,23+,24+,25+,26+,27-,28-,29+,30+,31?,32+,33+,34-,35+/m1/s1. The quantitative estimate of drug-likeness (QED) is 0.0683. The molecule has 0 saturated carbocycles. The first-order chi connectivity index (χ1) is 29.8. The third-order valence-electron chi connectivity index (χ3n) is 11.3. The summed E-state index contributed by atoms with van der Waals surface area (Å²) in [4.78, 5) is 24.3. The number of rotatable bonds is 16. The highest BCUT2D eigenvalue weighted by molar-refractivity contribution is 5.73. The van der Waals surface area contributed by atoms with Crippen LogP contribution < -0.4 is 10.6 Å². The highest BCUT2D eigenvalue weighted by Gasteiger charge is 2.56. The van der Waals surface area contributed by atoms with Gasteiger partial charge in [0.25, 0.3) is 0 Å². The van der Waals surface area contributed by atoms with Crippen molar-refractivity contribution in [3.05, 3.63) is 0 Å². The van der Waals surface area contributed by atoms with Crippen LogP contribution in [0.3, 0.4) is 0 Å². The molecule has 0 spiro atoms. The summed E-state index contributed by atoms with van der Waals surface area (Å²) in [7, 11) is 1.13. The van der Waals surface area contributed by atoms with E-state index >= 15 is 0 Å². The summed E-state index contributed by atoms with van der Waals surface area (Å²) in [6, 6.07) is -3.17. The van der Waals surface area contributed by atoms with Gasteiger partial charge in [0.15, 0.2) is 31.5 Å². The van der Waals surface area contributed by atoms with E-state index in [0.717, 1.165) is 21.0 Å². The Kier molecular flexibility index (Phi) is 18.7. The fraction of sp³-hybridized carbons (Fsp3) is 0.943. The van der Waals surface area contributed by atoms with E-state index in [-0.39, 0.29) is 0 Å². The number of amides is 2. The molecule has 5 saturated heterocycles. The third-order valence-corrected chi connectivity index (χ3v) is 11.3. The van der Waals surface area contributed by atoms with Crippen molar-refractivity contribution in [2.75, 3.05) is 40.1 Å². The predicted molar refractivity (Wildman–Crippen MR) is 195 cm³/mol. The van der Waals surface area contributed by atoms with Gasteiger partial charge in [-0.2, -0.15) is 0 Å². The maximum absolute atomic E-state index is 12.5. The van der Waals surface area contributed by atoms with E-state index in [9.17, 15) is 81.1 Å². The molecule has 2 amide bonds.